The summed E-state index contributed by atoms with van der Waals surface area (Å²) in [6.07, 6.45) is 0.279. The molecule has 2 unspecified atom stereocenters. The van der Waals surface area contributed by atoms with Gasteiger partial charge in [0.2, 0.25) is 7.37 Å². The first-order chi connectivity index (χ1) is 12.1. The molecule has 0 aliphatic rings. The van der Waals surface area contributed by atoms with Crippen molar-refractivity contribution in [1.29, 1.82) is 0 Å². The molecule has 0 spiro atoms. The molecule has 1 rings (SSSR count). The highest BCUT2D eigenvalue weighted by atomic mass is 31.2. The molecular formula is C14H18NO10P. The van der Waals surface area contributed by atoms with Crippen LogP contribution in [0.2, 0.25) is 0 Å². The van der Waals surface area contributed by atoms with Gasteiger partial charge in [0.25, 0.3) is 0 Å². The predicted octanol–water partition coefficient (Wildman–Crippen LogP) is -0.125. The van der Waals surface area contributed by atoms with Crippen molar-refractivity contribution in [3.05, 3.63) is 29.3 Å². The number of benzene rings is 1. The Kier molecular flexibility index (Phi) is 10.0. The van der Waals surface area contributed by atoms with E-state index in [2.05, 4.69) is 0 Å². The van der Waals surface area contributed by atoms with Crippen molar-refractivity contribution in [2.75, 3.05) is 19.3 Å². The summed E-state index contributed by atoms with van der Waals surface area (Å²) >= 11 is 0. The molecule has 0 amide bonds. The Balaban J connectivity index is 0.00000194. The summed E-state index contributed by atoms with van der Waals surface area (Å²) in [5.41, 5.74) is 4.77. The number of ether oxygens (including phenoxy) is 1. The lowest BCUT2D eigenvalue weighted by molar-refractivity contribution is -0.191. The van der Waals surface area contributed by atoms with Gasteiger partial charge < -0.3 is 30.7 Å². The van der Waals surface area contributed by atoms with E-state index in [0.717, 1.165) is 12.1 Å². The zero-order chi connectivity index (χ0) is 20.3. The number of hydrogen-bond acceptors (Lipinski definition) is 8. The van der Waals surface area contributed by atoms with Gasteiger partial charge in [-0.25, -0.2) is 9.59 Å². The van der Waals surface area contributed by atoms with Gasteiger partial charge in [0.1, 0.15) is 11.3 Å². The third-order valence-electron chi connectivity index (χ3n) is 2.95. The Labute approximate surface area is 147 Å². The summed E-state index contributed by atoms with van der Waals surface area (Å²) in [6, 6.07) is 3.32. The number of carbonyl (C=O) groups excluding carboxylic acids is 2. The fraction of sp³-hybridized carbons (Fsp3) is 0.357. The number of carboxylic acid groups (broad SMARTS) is 2. The summed E-state index contributed by atoms with van der Waals surface area (Å²) in [4.78, 5) is 47.8. The van der Waals surface area contributed by atoms with Gasteiger partial charge in [-0.15, -0.1) is 0 Å². The summed E-state index contributed by atoms with van der Waals surface area (Å²) in [5.74, 6) is -4.69. The maximum absolute atomic E-state index is 12.0. The molecule has 1 aromatic carbocycles. The van der Waals surface area contributed by atoms with E-state index in [1.807, 2.05) is 0 Å². The van der Waals surface area contributed by atoms with E-state index in [1.54, 1.807) is 0 Å². The minimum atomic E-state index is -3.97. The Morgan fingerprint density at radius 2 is 1.85 bits per heavy atom. The second kappa shape index (κ2) is 11.1. The lowest BCUT2D eigenvalue weighted by atomic mass is 10.1. The molecule has 144 valence electrons. The van der Waals surface area contributed by atoms with E-state index in [4.69, 9.17) is 30.3 Å². The number of aromatic carboxylic acids is 1. The minimum Gasteiger partial charge on any atom is -0.481 e. The first-order valence-corrected chi connectivity index (χ1v) is 8.92. The average molecular weight is 391 g/mol. The summed E-state index contributed by atoms with van der Waals surface area (Å²) in [5, 5.41) is 27.7. The van der Waals surface area contributed by atoms with Crippen LogP contribution in [-0.2, 0) is 18.9 Å². The predicted molar refractivity (Wildman–Crippen MR) is 84.9 cm³/mol. The SMILES string of the molecule is NCCCP(=O)(O)C(O)c1ccc(OCC(=O)O)c(C(=O)O)c1.O=C=O. The standard InChI is InChI=1S/C13H18NO8P.CO2/c14-4-1-5-23(20,21)13(19)8-2-3-10(22-7-11(15)16)9(6-8)12(17)18;2-1-3/h2-3,6,13,19H,1,4-5,7,14H2,(H,15,16)(H,17,18)(H,20,21);. The molecule has 12 heteroatoms. The first-order valence-electron chi connectivity index (χ1n) is 7.01. The van der Waals surface area contributed by atoms with Crippen LogP contribution in [0.25, 0.3) is 0 Å². The highest BCUT2D eigenvalue weighted by Crippen LogP contribution is 2.54. The van der Waals surface area contributed by atoms with Crippen molar-refractivity contribution in [3.8, 4) is 5.75 Å². The smallest absolute Gasteiger partial charge is 0.373 e. The van der Waals surface area contributed by atoms with Gasteiger partial charge >= 0.3 is 18.1 Å². The number of aliphatic carboxylic acids is 1. The first kappa shape index (κ1) is 23.4. The average Bonchev–Trinajstić information content (AvgIpc) is 2.58. The lowest BCUT2D eigenvalue weighted by Crippen LogP contribution is -2.13. The van der Waals surface area contributed by atoms with Crippen LogP contribution in [-0.4, -0.2) is 57.6 Å². The van der Waals surface area contributed by atoms with Crippen LogP contribution in [0, 0.1) is 0 Å². The van der Waals surface area contributed by atoms with Crippen LogP contribution in [0.4, 0.5) is 0 Å². The van der Waals surface area contributed by atoms with Crippen LogP contribution < -0.4 is 10.5 Å². The maximum atomic E-state index is 12.0. The molecule has 2 atom stereocenters. The van der Waals surface area contributed by atoms with Crippen LogP contribution in [0.1, 0.15) is 28.2 Å². The van der Waals surface area contributed by atoms with E-state index < -0.39 is 37.3 Å². The van der Waals surface area contributed by atoms with Crippen molar-refractivity contribution >= 4 is 25.5 Å². The molecule has 0 saturated heterocycles. The molecule has 6 N–H and O–H groups in total. The zero-order valence-corrected chi connectivity index (χ0v) is 14.3. The molecule has 0 radical (unpaired) electrons. The number of carbonyl (C=O) groups is 2. The molecule has 0 bridgehead atoms. The molecule has 1 aromatic rings. The topological polar surface area (TPSA) is 202 Å². The molecule has 0 saturated carbocycles. The van der Waals surface area contributed by atoms with E-state index in [-0.39, 0.29) is 36.6 Å². The molecule has 0 fully saturated rings. The van der Waals surface area contributed by atoms with Crippen molar-refractivity contribution in [1.82, 2.24) is 0 Å². The number of nitrogens with two attached hydrogens (primary N) is 1. The Hall–Kier alpha value is -2.55. The fourth-order valence-corrected chi connectivity index (χ4v) is 3.32. The van der Waals surface area contributed by atoms with Gasteiger partial charge in [-0.05, 0) is 30.7 Å². The maximum Gasteiger partial charge on any atom is 0.373 e. The fourth-order valence-electron chi connectivity index (χ4n) is 1.81. The Bertz CT molecular complexity index is 714. The Morgan fingerprint density at radius 1 is 1.27 bits per heavy atom. The van der Waals surface area contributed by atoms with E-state index in [0.29, 0.717) is 0 Å². The number of rotatable bonds is 9. The lowest BCUT2D eigenvalue weighted by Gasteiger charge is -2.19. The van der Waals surface area contributed by atoms with Gasteiger partial charge in [0.15, 0.2) is 12.5 Å². The number of aliphatic hydroxyl groups excluding tert-OH is 1. The van der Waals surface area contributed by atoms with Crippen molar-refractivity contribution in [2.45, 2.75) is 12.3 Å². The molecule has 0 aromatic heterocycles. The third kappa shape index (κ3) is 7.56. The molecule has 11 nitrogen and oxygen atoms in total. The molecule has 0 heterocycles. The second-order valence-electron chi connectivity index (χ2n) is 4.82. The number of aliphatic hydroxyl groups is 1. The van der Waals surface area contributed by atoms with Gasteiger partial charge in [-0.2, -0.15) is 9.59 Å². The number of carboxylic acids is 2. The van der Waals surface area contributed by atoms with Gasteiger partial charge in [0.05, 0.1) is 0 Å². The van der Waals surface area contributed by atoms with Crippen molar-refractivity contribution in [3.63, 3.8) is 0 Å². The molecular weight excluding hydrogens is 373 g/mol. The van der Waals surface area contributed by atoms with Crippen LogP contribution in [0.3, 0.4) is 0 Å². The van der Waals surface area contributed by atoms with Crippen LogP contribution in [0.15, 0.2) is 18.2 Å². The summed E-state index contributed by atoms with van der Waals surface area (Å²) in [7, 11) is -3.97. The van der Waals surface area contributed by atoms with Gasteiger partial charge in [-0.1, -0.05) is 6.07 Å². The largest absolute Gasteiger partial charge is 0.481 e. The second-order valence-corrected chi connectivity index (χ2v) is 7.27. The normalized spacial score (nSPS) is 13.3. The van der Waals surface area contributed by atoms with Gasteiger partial charge in [0, 0.05) is 6.16 Å². The van der Waals surface area contributed by atoms with E-state index in [1.165, 1.54) is 6.07 Å². The quantitative estimate of drug-likeness (QED) is 0.351. The van der Waals surface area contributed by atoms with Crippen molar-refractivity contribution in [2.24, 2.45) is 5.73 Å². The van der Waals surface area contributed by atoms with Crippen molar-refractivity contribution < 1.29 is 48.7 Å². The zero-order valence-electron chi connectivity index (χ0n) is 13.4. The number of hydrogen-bond donors (Lipinski definition) is 5. The highest BCUT2D eigenvalue weighted by molar-refractivity contribution is 7.58. The molecule has 26 heavy (non-hydrogen) atoms. The summed E-state index contributed by atoms with van der Waals surface area (Å²) < 4.78 is 16.9. The van der Waals surface area contributed by atoms with Gasteiger partial charge in [-0.3, -0.25) is 4.57 Å². The molecule has 0 aliphatic carbocycles. The Morgan fingerprint density at radius 3 is 2.31 bits per heavy atom. The monoisotopic (exact) mass is 391 g/mol. The molecule has 0 aliphatic heterocycles. The highest BCUT2D eigenvalue weighted by Gasteiger charge is 2.31. The van der Waals surface area contributed by atoms with Crippen LogP contribution in [0.5, 0.6) is 5.75 Å². The summed E-state index contributed by atoms with van der Waals surface area (Å²) in [6.45, 7) is -0.559. The van der Waals surface area contributed by atoms with E-state index in [9.17, 15) is 24.2 Å². The third-order valence-corrected chi connectivity index (χ3v) is 4.97. The minimum absolute atomic E-state index is 0.0760. The van der Waals surface area contributed by atoms with E-state index >= 15 is 0 Å². The van der Waals surface area contributed by atoms with Crippen LogP contribution >= 0.6 is 7.37 Å².